The van der Waals surface area contributed by atoms with Crippen LogP contribution >= 0.6 is 11.8 Å². The number of hydrogen-bond donors (Lipinski definition) is 2. The second kappa shape index (κ2) is 9.51. The number of rotatable bonds is 7. The van der Waals surface area contributed by atoms with Crippen LogP contribution in [0.3, 0.4) is 0 Å². The number of halogens is 3. The molecule has 1 atom stereocenters. The van der Waals surface area contributed by atoms with Crippen molar-refractivity contribution in [2.45, 2.75) is 44.0 Å². The molecule has 1 unspecified atom stereocenters. The number of hydrogen-bond acceptors (Lipinski definition) is 6. The normalized spacial score (nSPS) is 12.4. The fourth-order valence-corrected chi connectivity index (χ4v) is 3.67. The van der Waals surface area contributed by atoms with Gasteiger partial charge in [0.15, 0.2) is 5.82 Å². The van der Waals surface area contributed by atoms with E-state index in [1.165, 1.54) is 16.8 Å². The van der Waals surface area contributed by atoms with Gasteiger partial charge in [-0.2, -0.15) is 13.2 Å². The first-order valence-corrected chi connectivity index (χ1v) is 10.5. The van der Waals surface area contributed by atoms with E-state index in [9.17, 15) is 18.0 Å². The Kier molecular flexibility index (Phi) is 6.97. The maximum absolute atomic E-state index is 12.8. The van der Waals surface area contributed by atoms with Crippen molar-refractivity contribution in [2.24, 2.45) is 0 Å². The molecule has 3 aromatic rings. The molecule has 1 amide bonds. The van der Waals surface area contributed by atoms with Gasteiger partial charge in [0.05, 0.1) is 10.8 Å². The zero-order valence-corrected chi connectivity index (χ0v) is 18.4. The van der Waals surface area contributed by atoms with E-state index in [2.05, 4.69) is 15.5 Å². The molecule has 0 saturated heterocycles. The van der Waals surface area contributed by atoms with Crippen LogP contribution < -0.4 is 15.9 Å². The van der Waals surface area contributed by atoms with Crippen LogP contribution in [0.4, 0.5) is 18.9 Å². The van der Waals surface area contributed by atoms with Gasteiger partial charge in [0.2, 0.25) is 11.1 Å². The summed E-state index contributed by atoms with van der Waals surface area (Å²) in [5, 5.41) is 10.0. The average Bonchev–Trinajstić information content (AvgIpc) is 3.04. The topological polar surface area (TPSA) is 95.1 Å². The fourth-order valence-electron chi connectivity index (χ4n) is 2.88. The molecule has 170 valence electrons. The van der Waals surface area contributed by atoms with E-state index in [0.29, 0.717) is 11.6 Å². The van der Waals surface area contributed by atoms with Crippen molar-refractivity contribution in [1.82, 2.24) is 14.9 Å². The van der Waals surface area contributed by atoms with E-state index in [4.69, 9.17) is 10.6 Å². The molecule has 0 aliphatic carbocycles. The van der Waals surface area contributed by atoms with Crippen LogP contribution in [-0.2, 0) is 17.6 Å². The van der Waals surface area contributed by atoms with Crippen molar-refractivity contribution < 1.29 is 22.7 Å². The largest absolute Gasteiger partial charge is 0.486 e. The van der Waals surface area contributed by atoms with Gasteiger partial charge in [-0.05, 0) is 62.2 Å². The smallest absolute Gasteiger partial charge is 0.416 e. The number of nitrogens with zero attached hydrogens (tertiary/aromatic N) is 3. The Morgan fingerprint density at radius 1 is 1.19 bits per heavy atom. The third-order valence-electron chi connectivity index (χ3n) is 4.41. The quantitative estimate of drug-likeness (QED) is 0.399. The first-order chi connectivity index (χ1) is 15.0. The van der Waals surface area contributed by atoms with E-state index in [0.717, 1.165) is 35.0 Å². The molecule has 0 aliphatic rings. The summed E-state index contributed by atoms with van der Waals surface area (Å²) in [6.07, 6.45) is -4.49. The first kappa shape index (κ1) is 23.5. The summed E-state index contributed by atoms with van der Waals surface area (Å²) >= 11 is 1.03. The van der Waals surface area contributed by atoms with Gasteiger partial charge in [-0.1, -0.05) is 23.9 Å². The molecule has 0 spiro atoms. The highest BCUT2D eigenvalue weighted by Crippen LogP contribution is 2.31. The maximum atomic E-state index is 12.8. The van der Waals surface area contributed by atoms with Gasteiger partial charge in [-0.15, -0.1) is 10.2 Å². The second-order valence-electron chi connectivity index (χ2n) is 7.21. The van der Waals surface area contributed by atoms with E-state index in [-0.39, 0.29) is 17.5 Å². The van der Waals surface area contributed by atoms with E-state index >= 15 is 0 Å². The van der Waals surface area contributed by atoms with Gasteiger partial charge < -0.3 is 15.9 Å². The van der Waals surface area contributed by atoms with Gasteiger partial charge in [0.25, 0.3) is 0 Å². The Labute approximate surface area is 187 Å². The number of carbonyl (C=O) groups excluding carboxylic acids is 1. The summed E-state index contributed by atoms with van der Waals surface area (Å²) in [7, 11) is 0. The standard InChI is InChI=1S/C21H22F3N5O2S/c1-12-7-13(2)9-17(8-12)31-11-18-27-28-20(29(18)25)32-14(3)19(30)26-16-6-4-5-15(10-16)21(22,23)24/h4-10,14H,11,25H2,1-3H3,(H,26,30). The van der Waals surface area contributed by atoms with Crippen LogP contribution in [-0.4, -0.2) is 26.0 Å². The maximum Gasteiger partial charge on any atom is 0.416 e. The molecule has 1 heterocycles. The molecule has 0 aliphatic heterocycles. The number of aryl methyl sites for hydroxylation is 2. The van der Waals surface area contributed by atoms with Crippen molar-refractivity contribution in [3.8, 4) is 5.75 Å². The number of amides is 1. The lowest BCUT2D eigenvalue weighted by Crippen LogP contribution is -2.24. The SMILES string of the molecule is Cc1cc(C)cc(OCc2nnc(SC(C)C(=O)Nc3cccc(C(F)(F)F)c3)n2N)c1. The Morgan fingerprint density at radius 2 is 1.88 bits per heavy atom. The molecule has 2 aromatic carbocycles. The van der Waals surface area contributed by atoms with Crippen molar-refractivity contribution in [1.29, 1.82) is 0 Å². The van der Waals surface area contributed by atoms with Crippen LogP contribution in [0.1, 0.15) is 29.4 Å². The summed E-state index contributed by atoms with van der Waals surface area (Å²) in [6, 6.07) is 10.2. The molecule has 0 fully saturated rings. The monoisotopic (exact) mass is 465 g/mol. The predicted octanol–water partition coefficient (Wildman–Crippen LogP) is 4.33. The number of aromatic nitrogens is 3. The molecule has 3 rings (SSSR count). The van der Waals surface area contributed by atoms with E-state index < -0.39 is 22.9 Å². The summed E-state index contributed by atoms with van der Waals surface area (Å²) in [5.74, 6) is 6.57. The zero-order chi connectivity index (χ0) is 23.5. The highest BCUT2D eigenvalue weighted by molar-refractivity contribution is 8.00. The minimum Gasteiger partial charge on any atom is -0.486 e. The van der Waals surface area contributed by atoms with E-state index in [1.54, 1.807) is 6.92 Å². The number of nitrogens with two attached hydrogens (primary N) is 1. The number of nitrogens with one attached hydrogen (secondary N) is 1. The number of anilines is 1. The van der Waals surface area contributed by atoms with Gasteiger partial charge >= 0.3 is 6.18 Å². The Balaban J connectivity index is 1.61. The van der Waals surface area contributed by atoms with Crippen LogP contribution in [0.25, 0.3) is 0 Å². The molecule has 3 N–H and O–H groups in total. The fraction of sp³-hybridized carbons (Fsp3) is 0.286. The highest BCUT2D eigenvalue weighted by Gasteiger charge is 2.30. The average molecular weight is 466 g/mol. The third-order valence-corrected chi connectivity index (χ3v) is 5.46. The van der Waals surface area contributed by atoms with Crippen molar-refractivity contribution in [3.63, 3.8) is 0 Å². The Bertz CT molecular complexity index is 1100. The molecule has 11 heteroatoms. The van der Waals surface area contributed by atoms with Crippen LogP contribution in [0.15, 0.2) is 47.6 Å². The summed E-state index contributed by atoms with van der Waals surface area (Å²) in [6.45, 7) is 5.60. The van der Waals surface area contributed by atoms with Crippen LogP contribution in [0.5, 0.6) is 5.75 Å². The number of carbonyl (C=O) groups is 1. The van der Waals surface area contributed by atoms with Crippen LogP contribution in [0.2, 0.25) is 0 Å². The first-order valence-electron chi connectivity index (χ1n) is 9.58. The lowest BCUT2D eigenvalue weighted by Gasteiger charge is -2.13. The number of thioether (sulfide) groups is 1. The molecule has 32 heavy (non-hydrogen) atoms. The lowest BCUT2D eigenvalue weighted by atomic mass is 10.1. The molecule has 0 bridgehead atoms. The number of nitrogen functional groups attached to an aromatic ring is 1. The Hall–Kier alpha value is -3.21. The molecule has 0 saturated carbocycles. The van der Waals surface area contributed by atoms with Gasteiger partial charge in [-0.3, -0.25) is 4.79 Å². The van der Waals surface area contributed by atoms with Crippen molar-refractivity contribution in [3.05, 3.63) is 65.0 Å². The number of benzene rings is 2. The Morgan fingerprint density at radius 3 is 2.53 bits per heavy atom. The third kappa shape index (κ3) is 5.94. The minimum atomic E-state index is -4.49. The van der Waals surface area contributed by atoms with Crippen molar-refractivity contribution in [2.75, 3.05) is 11.2 Å². The summed E-state index contributed by atoms with van der Waals surface area (Å²) in [5.41, 5.74) is 1.33. The molecule has 0 radical (unpaired) electrons. The predicted molar refractivity (Wildman–Crippen MR) is 116 cm³/mol. The molecule has 1 aromatic heterocycles. The highest BCUT2D eigenvalue weighted by atomic mass is 32.2. The molecular formula is C21H22F3N5O2S. The number of ether oxygens (including phenoxy) is 1. The summed E-state index contributed by atoms with van der Waals surface area (Å²) in [4.78, 5) is 12.4. The zero-order valence-electron chi connectivity index (χ0n) is 17.6. The lowest BCUT2D eigenvalue weighted by molar-refractivity contribution is -0.137. The molecule has 7 nitrogen and oxygen atoms in total. The van der Waals surface area contributed by atoms with E-state index in [1.807, 2.05) is 32.0 Å². The summed E-state index contributed by atoms with van der Waals surface area (Å²) < 4.78 is 45.5. The molecular weight excluding hydrogens is 443 g/mol. The van der Waals surface area contributed by atoms with Gasteiger partial charge in [0, 0.05) is 5.69 Å². The minimum absolute atomic E-state index is 0.0500. The van der Waals surface area contributed by atoms with Gasteiger partial charge in [0.1, 0.15) is 12.4 Å². The van der Waals surface area contributed by atoms with Gasteiger partial charge in [-0.25, -0.2) is 4.68 Å². The second-order valence-corrected chi connectivity index (χ2v) is 8.52. The number of alkyl halides is 3. The van der Waals surface area contributed by atoms with Crippen molar-refractivity contribution >= 4 is 23.4 Å². The van der Waals surface area contributed by atoms with Crippen LogP contribution in [0, 0.1) is 13.8 Å².